The minimum absolute atomic E-state index is 0.184. The molecule has 3 rings (SSSR count). The van der Waals surface area contributed by atoms with E-state index in [1.165, 1.54) is 0 Å². The van der Waals surface area contributed by atoms with E-state index in [-0.39, 0.29) is 11.6 Å². The van der Waals surface area contributed by atoms with Crippen molar-refractivity contribution in [2.75, 3.05) is 0 Å². The number of nitrogens with one attached hydrogen (secondary N) is 2. The van der Waals surface area contributed by atoms with Crippen molar-refractivity contribution in [2.24, 2.45) is 0 Å². The van der Waals surface area contributed by atoms with Crippen LogP contribution in [0, 0.1) is 0 Å². The summed E-state index contributed by atoms with van der Waals surface area (Å²) in [6.45, 7) is 0. The highest BCUT2D eigenvalue weighted by molar-refractivity contribution is 5.65. The lowest BCUT2D eigenvalue weighted by molar-refractivity contribution is 0.188. The van der Waals surface area contributed by atoms with Gasteiger partial charge in [0.15, 0.2) is 0 Å². The molecule has 0 fully saturated rings. The molecule has 2 aromatic rings. The van der Waals surface area contributed by atoms with E-state index in [2.05, 4.69) is 15.3 Å². The first kappa shape index (κ1) is 13.4. The van der Waals surface area contributed by atoms with Crippen molar-refractivity contribution in [2.45, 2.75) is 25.3 Å². The summed E-state index contributed by atoms with van der Waals surface area (Å²) in [5.74, 6) is 0.559. The summed E-state index contributed by atoms with van der Waals surface area (Å²) in [5.41, 5.74) is 2.03. The summed E-state index contributed by atoms with van der Waals surface area (Å²) in [4.78, 5) is 30.2. The van der Waals surface area contributed by atoms with Crippen LogP contribution in [0.15, 0.2) is 35.1 Å². The number of H-pyrrole nitrogens is 1. The van der Waals surface area contributed by atoms with Crippen LogP contribution in [0.1, 0.15) is 17.7 Å². The second-order valence-corrected chi connectivity index (χ2v) is 5.10. The number of carboxylic acid groups (broad SMARTS) is 1. The van der Waals surface area contributed by atoms with Gasteiger partial charge in [0.25, 0.3) is 5.56 Å². The van der Waals surface area contributed by atoms with Crippen molar-refractivity contribution in [1.29, 1.82) is 0 Å². The molecule has 1 heterocycles. The number of hydrogen-bond acceptors (Lipinski definition) is 3. The van der Waals surface area contributed by atoms with Crippen LogP contribution in [0.25, 0.3) is 11.4 Å². The molecule has 1 aliphatic carbocycles. The predicted octanol–water partition coefficient (Wildman–Crippen LogP) is 1.56. The molecule has 6 nitrogen and oxygen atoms in total. The Hall–Kier alpha value is -2.63. The topological polar surface area (TPSA) is 95.1 Å². The van der Waals surface area contributed by atoms with Gasteiger partial charge in [-0.05, 0) is 12.8 Å². The van der Waals surface area contributed by atoms with Gasteiger partial charge in [0.05, 0.1) is 5.69 Å². The Labute approximate surface area is 120 Å². The van der Waals surface area contributed by atoms with E-state index in [4.69, 9.17) is 5.11 Å². The van der Waals surface area contributed by atoms with Gasteiger partial charge < -0.3 is 15.4 Å². The van der Waals surface area contributed by atoms with Crippen LogP contribution in [0.4, 0.5) is 4.79 Å². The van der Waals surface area contributed by atoms with Gasteiger partial charge >= 0.3 is 6.09 Å². The van der Waals surface area contributed by atoms with Crippen molar-refractivity contribution in [1.82, 2.24) is 15.3 Å². The van der Waals surface area contributed by atoms with Gasteiger partial charge in [-0.3, -0.25) is 4.79 Å². The van der Waals surface area contributed by atoms with Crippen LogP contribution in [0.2, 0.25) is 0 Å². The second kappa shape index (κ2) is 5.40. The summed E-state index contributed by atoms with van der Waals surface area (Å²) in [5, 5.41) is 11.2. The van der Waals surface area contributed by atoms with Crippen molar-refractivity contribution < 1.29 is 9.90 Å². The van der Waals surface area contributed by atoms with Crippen molar-refractivity contribution >= 4 is 6.09 Å². The maximum absolute atomic E-state index is 12.2. The lowest BCUT2D eigenvalue weighted by atomic mass is 9.92. The first-order chi connectivity index (χ1) is 10.1. The molecule has 1 amide bonds. The number of aromatic nitrogens is 2. The molecule has 0 aliphatic heterocycles. The molecule has 0 saturated heterocycles. The first-order valence-electron chi connectivity index (χ1n) is 6.80. The third kappa shape index (κ3) is 2.79. The van der Waals surface area contributed by atoms with Crippen molar-refractivity contribution in [3.05, 3.63) is 51.9 Å². The number of rotatable bonds is 2. The summed E-state index contributed by atoms with van der Waals surface area (Å²) in [6, 6.07) is 9.25. The minimum atomic E-state index is -1.06. The highest BCUT2D eigenvalue weighted by Crippen LogP contribution is 2.20. The SMILES string of the molecule is O=C(O)NC1CCc2nc(-c3ccccc3)[nH]c(=O)c2C1. The largest absolute Gasteiger partial charge is 0.465 e. The molecule has 6 heteroatoms. The maximum Gasteiger partial charge on any atom is 0.404 e. The molecule has 3 N–H and O–H groups in total. The van der Waals surface area contributed by atoms with Gasteiger partial charge in [0.2, 0.25) is 0 Å². The highest BCUT2D eigenvalue weighted by Gasteiger charge is 2.24. The number of amides is 1. The summed E-state index contributed by atoms with van der Waals surface area (Å²) in [7, 11) is 0. The summed E-state index contributed by atoms with van der Waals surface area (Å²) in [6.07, 6.45) is 0.585. The predicted molar refractivity (Wildman–Crippen MR) is 77.3 cm³/mol. The molecule has 0 saturated carbocycles. The molecule has 21 heavy (non-hydrogen) atoms. The Balaban J connectivity index is 1.94. The van der Waals surface area contributed by atoms with Crippen molar-refractivity contribution in [3.8, 4) is 11.4 Å². The first-order valence-corrected chi connectivity index (χ1v) is 6.80. The number of nitrogens with zero attached hydrogens (tertiary/aromatic N) is 1. The van der Waals surface area contributed by atoms with Crippen molar-refractivity contribution in [3.63, 3.8) is 0 Å². The smallest absolute Gasteiger partial charge is 0.404 e. The van der Waals surface area contributed by atoms with E-state index in [0.717, 1.165) is 11.3 Å². The van der Waals surface area contributed by atoms with Gasteiger partial charge in [-0.1, -0.05) is 30.3 Å². The molecular formula is C15H15N3O3. The van der Waals surface area contributed by atoms with E-state index < -0.39 is 6.09 Å². The van der Waals surface area contributed by atoms with Crippen LogP contribution in [-0.2, 0) is 12.8 Å². The van der Waals surface area contributed by atoms with Crippen LogP contribution in [0.5, 0.6) is 0 Å². The second-order valence-electron chi connectivity index (χ2n) is 5.10. The lowest BCUT2D eigenvalue weighted by Gasteiger charge is -2.23. The molecule has 0 spiro atoms. The number of aromatic amines is 1. The minimum Gasteiger partial charge on any atom is -0.465 e. The number of carbonyl (C=O) groups is 1. The van der Waals surface area contributed by atoms with Gasteiger partial charge in [-0.25, -0.2) is 9.78 Å². The lowest BCUT2D eigenvalue weighted by Crippen LogP contribution is -2.40. The standard InChI is InChI=1S/C15H15N3O3/c19-14-11-8-10(16-15(20)21)6-7-12(11)17-13(18-14)9-4-2-1-3-5-9/h1-5,10,16H,6-8H2,(H,20,21)(H,17,18,19). The Morgan fingerprint density at radius 1 is 1.33 bits per heavy atom. The molecule has 1 atom stereocenters. The average molecular weight is 285 g/mol. The quantitative estimate of drug-likeness (QED) is 0.780. The highest BCUT2D eigenvalue weighted by atomic mass is 16.4. The van der Waals surface area contributed by atoms with E-state index in [1.54, 1.807) is 0 Å². The Kier molecular flexibility index (Phi) is 3.43. The number of hydrogen-bond donors (Lipinski definition) is 3. The summed E-state index contributed by atoms with van der Waals surface area (Å²) < 4.78 is 0. The van der Waals surface area contributed by atoms with Crippen LogP contribution in [0.3, 0.4) is 0 Å². The zero-order valence-corrected chi connectivity index (χ0v) is 11.3. The summed E-state index contributed by atoms with van der Waals surface area (Å²) >= 11 is 0. The zero-order chi connectivity index (χ0) is 14.8. The molecule has 0 bridgehead atoms. The fraction of sp³-hybridized carbons (Fsp3) is 0.267. The van der Waals surface area contributed by atoms with E-state index in [9.17, 15) is 9.59 Å². The molecule has 1 aliphatic rings. The molecule has 0 radical (unpaired) electrons. The zero-order valence-electron chi connectivity index (χ0n) is 11.3. The molecular weight excluding hydrogens is 270 g/mol. The van der Waals surface area contributed by atoms with Gasteiger partial charge in [-0.15, -0.1) is 0 Å². The molecule has 1 aromatic heterocycles. The normalized spacial score (nSPS) is 17.0. The average Bonchev–Trinajstić information content (AvgIpc) is 2.48. The van der Waals surface area contributed by atoms with Gasteiger partial charge in [0, 0.05) is 23.6 Å². The number of fused-ring (bicyclic) bond motifs is 1. The number of aryl methyl sites for hydroxylation is 1. The molecule has 1 unspecified atom stereocenters. The monoisotopic (exact) mass is 285 g/mol. The number of benzene rings is 1. The fourth-order valence-corrected chi connectivity index (χ4v) is 2.65. The molecule has 108 valence electrons. The van der Waals surface area contributed by atoms with E-state index >= 15 is 0 Å². The van der Waals surface area contributed by atoms with Gasteiger partial charge in [-0.2, -0.15) is 0 Å². The third-order valence-corrected chi connectivity index (χ3v) is 3.66. The van der Waals surface area contributed by atoms with Crippen LogP contribution < -0.4 is 10.9 Å². The maximum atomic E-state index is 12.2. The Morgan fingerprint density at radius 2 is 2.10 bits per heavy atom. The van der Waals surface area contributed by atoms with E-state index in [0.29, 0.717) is 30.7 Å². The van der Waals surface area contributed by atoms with Gasteiger partial charge in [0.1, 0.15) is 5.82 Å². The third-order valence-electron chi connectivity index (χ3n) is 3.66. The van der Waals surface area contributed by atoms with Crippen LogP contribution >= 0.6 is 0 Å². The van der Waals surface area contributed by atoms with Crippen LogP contribution in [-0.4, -0.2) is 27.2 Å². The fourth-order valence-electron chi connectivity index (χ4n) is 2.65. The Morgan fingerprint density at radius 3 is 2.81 bits per heavy atom. The Bertz CT molecular complexity index is 725. The molecule has 1 aromatic carbocycles. The van der Waals surface area contributed by atoms with E-state index in [1.807, 2.05) is 30.3 Å².